The number of benzene rings is 1. The Balaban J connectivity index is 1.63. The number of nitrogens with one attached hydrogen (secondary N) is 1. The van der Waals surface area contributed by atoms with Gasteiger partial charge in [-0.25, -0.2) is 5.43 Å². The van der Waals surface area contributed by atoms with Crippen molar-refractivity contribution in [3.05, 3.63) is 82.6 Å². The normalized spacial score (nSPS) is 14.2. The zero-order valence-electron chi connectivity index (χ0n) is 18.5. The van der Waals surface area contributed by atoms with Crippen molar-refractivity contribution in [2.24, 2.45) is 5.10 Å². The summed E-state index contributed by atoms with van der Waals surface area (Å²) in [6, 6.07) is 11.1. The van der Waals surface area contributed by atoms with E-state index in [0.717, 1.165) is 46.7 Å². The molecule has 0 bridgehead atoms. The molecule has 7 heteroatoms. The number of hydrogen-bond acceptors (Lipinski definition) is 5. The highest BCUT2D eigenvalue weighted by Gasteiger charge is 2.30. The lowest BCUT2D eigenvalue weighted by Gasteiger charge is -2.20. The first kappa shape index (κ1) is 21.5. The van der Waals surface area contributed by atoms with Crippen molar-refractivity contribution >= 4 is 23.2 Å². The Bertz CT molecular complexity index is 1180. The molecule has 1 aliphatic rings. The monoisotopic (exact) mass is 430 g/mol. The fourth-order valence-electron chi connectivity index (χ4n) is 4.03. The van der Waals surface area contributed by atoms with Crippen molar-refractivity contribution in [2.45, 2.75) is 40.0 Å². The summed E-state index contributed by atoms with van der Waals surface area (Å²) < 4.78 is 6.06. The van der Waals surface area contributed by atoms with Crippen molar-refractivity contribution in [3.8, 4) is 0 Å². The summed E-state index contributed by atoms with van der Waals surface area (Å²) in [6.45, 7) is 6.35. The van der Waals surface area contributed by atoms with Crippen LogP contribution in [0.5, 0.6) is 0 Å². The zero-order valence-corrected chi connectivity index (χ0v) is 18.5. The lowest BCUT2D eigenvalue weighted by molar-refractivity contribution is 0.0949. The van der Waals surface area contributed by atoms with Crippen LogP contribution in [0, 0.1) is 13.8 Å². The third kappa shape index (κ3) is 4.19. The van der Waals surface area contributed by atoms with Gasteiger partial charge in [0, 0.05) is 47.7 Å². The number of hydrazone groups is 1. The van der Waals surface area contributed by atoms with Crippen LogP contribution in [0.25, 0.3) is 0 Å². The summed E-state index contributed by atoms with van der Waals surface area (Å²) in [7, 11) is 0. The van der Waals surface area contributed by atoms with E-state index in [1.165, 1.54) is 0 Å². The molecule has 0 saturated heterocycles. The van der Waals surface area contributed by atoms with Crippen LogP contribution in [0.3, 0.4) is 0 Å². The minimum atomic E-state index is -0.305. The summed E-state index contributed by atoms with van der Waals surface area (Å²) >= 11 is 0. The summed E-state index contributed by atoms with van der Waals surface area (Å²) in [5.74, 6) is 0.592. The van der Waals surface area contributed by atoms with Gasteiger partial charge in [0.1, 0.15) is 5.76 Å². The fraction of sp³-hybridized carbons (Fsp3) is 0.280. The fourth-order valence-corrected chi connectivity index (χ4v) is 4.03. The third-order valence-electron chi connectivity index (χ3n) is 5.63. The second-order valence-electron chi connectivity index (χ2n) is 7.83. The Kier molecular flexibility index (Phi) is 6.16. The number of hydrogen-bond donors (Lipinski definition) is 1. The number of pyridine rings is 1. The molecule has 4 rings (SSSR count). The predicted molar refractivity (Wildman–Crippen MR) is 123 cm³/mol. The maximum atomic E-state index is 13.4. The molecular formula is C25H26N4O3. The second-order valence-corrected chi connectivity index (χ2v) is 7.83. The Hall–Kier alpha value is -3.74. The second kappa shape index (κ2) is 9.18. The maximum absolute atomic E-state index is 13.4. The first-order chi connectivity index (χ1) is 15.5. The van der Waals surface area contributed by atoms with Crippen molar-refractivity contribution in [1.82, 2.24) is 10.4 Å². The standard InChI is InChI=1S/C25H26N4O3/c1-4-29(19-8-5-7-16(2)15-19)25(31)23-17(3)22-20(9-6-10-21(22)32-23)27-28-24(30)18-11-13-26-14-12-18/h5,7-8,11-15H,4,6,9-10H2,1-3H3,(H,28,30)/b27-20+. The van der Waals surface area contributed by atoms with E-state index in [-0.39, 0.29) is 11.8 Å². The number of carbonyl (C=O) groups excluding carboxylic acids is 2. The number of nitrogens with zero attached hydrogens (tertiary/aromatic N) is 3. The van der Waals surface area contributed by atoms with E-state index < -0.39 is 0 Å². The maximum Gasteiger partial charge on any atom is 0.294 e. The average Bonchev–Trinajstić information content (AvgIpc) is 3.15. The van der Waals surface area contributed by atoms with Gasteiger partial charge in [-0.2, -0.15) is 5.10 Å². The van der Waals surface area contributed by atoms with Gasteiger partial charge in [-0.3, -0.25) is 14.6 Å². The largest absolute Gasteiger partial charge is 0.455 e. The van der Waals surface area contributed by atoms with Gasteiger partial charge in [-0.05, 0) is 63.4 Å². The molecule has 2 amide bonds. The van der Waals surface area contributed by atoms with E-state index in [4.69, 9.17) is 4.42 Å². The van der Waals surface area contributed by atoms with Crippen LogP contribution < -0.4 is 10.3 Å². The molecule has 3 aromatic rings. The quantitative estimate of drug-likeness (QED) is 0.607. The summed E-state index contributed by atoms with van der Waals surface area (Å²) in [6.07, 6.45) is 5.40. The molecule has 0 radical (unpaired) electrons. The summed E-state index contributed by atoms with van der Waals surface area (Å²) in [5.41, 5.74) is 7.35. The highest BCUT2D eigenvalue weighted by atomic mass is 16.4. The van der Waals surface area contributed by atoms with Crippen LogP contribution in [0.15, 0.2) is 58.3 Å². The molecule has 7 nitrogen and oxygen atoms in total. The smallest absolute Gasteiger partial charge is 0.294 e. The highest BCUT2D eigenvalue weighted by Crippen LogP contribution is 2.31. The summed E-state index contributed by atoms with van der Waals surface area (Å²) in [5, 5.41) is 4.38. The number of amides is 2. The molecule has 2 aromatic heterocycles. The first-order valence-electron chi connectivity index (χ1n) is 10.8. The highest BCUT2D eigenvalue weighted by molar-refractivity contribution is 6.10. The number of carbonyl (C=O) groups is 2. The number of anilines is 1. The van der Waals surface area contributed by atoms with Crippen molar-refractivity contribution in [3.63, 3.8) is 0 Å². The van der Waals surface area contributed by atoms with Crippen molar-refractivity contribution < 1.29 is 14.0 Å². The third-order valence-corrected chi connectivity index (χ3v) is 5.63. The topological polar surface area (TPSA) is 87.8 Å². The van der Waals surface area contributed by atoms with Crippen molar-refractivity contribution in [2.75, 3.05) is 11.4 Å². The Morgan fingerprint density at radius 2 is 1.94 bits per heavy atom. The molecule has 0 unspecified atom stereocenters. The lowest BCUT2D eigenvalue weighted by atomic mass is 9.93. The van der Waals surface area contributed by atoms with Gasteiger partial charge in [0.25, 0.3) is 11.8 Å². The number of furan rings is 1. The first-order valence-corrected chi connectivity index (χ1v) is 10.8. The van der Waals surface area contributed by atoms with Crippen LogP contribution in [0.2, 0.25) is 0 Å². The van der Waals surface area contributed by atoms with Gasteiger partial charge in [0.2, 0.25) is 0 Å². The molecular weight excluding hydrogens is 404 g/mol. The van der Waals surface area contributed by atoms with E-state index in [0.29, 0.717) is 24.3 Å². The minimum absolute atomic E-state index is 0.176. The Labute approximate surface area is 187 Å². The zero-order chi connectivity index (χ0) is 22.7. The van der Waals surface area contributed by atoms with Crippen LogP contribution in [0.1, 0.15) is 63.1 Å². The van der Waals surface area contributed by atoms with Gasteiger partial charge in [-0.1, -0.05) is 12.1 Å². The predicted octanol–water partition coefficient (Wildman–Crippen LogP) is 4.43. The summed E-state index contributed by atoms with van der Waals surface area (Å²) in [4.78, 5) is 31.4. The van der Waals surface area contributed by atoms with E-state index in [2.05, 4.69) is 15.5 Å². The SMILES string of the molecule is CCN(C(=O)c1oc2c(c1C)/C(=N/NC(=O)c1ccncc1)CCC2)c1cccc(C)c1. The van der Waals surface area contributed by atoms with Crippen LogP contribution in [-0.4, -0.2) is 29.1 Å². The molecule has 0 spiro atoms. The van der Waals surface area contributed by atoms with Crippen LogP contribution in [0.4, 0.5) is 5.69 Å². The molecule has 164 valence electrons. The average molecular weight is 431 g/mol. The Morgan fingerprint density at radius 1 is 1.16 bits per heavy atom. The molecule has 1 aromatic carbocycles. The van der Waals surface area contributed by atoms with Gasteiger partial charge in [0.15, 0.2) is 5.76 Å². The van der Waals surface area contributed by atoms with E-state index in [9.17, 15) is 9.59 Å². The van der Waals surface area contributed by atoms with Gasteiger partial charge in [-0.15, -0.1) is 0 Å². The van der Waals surface area contributed by atoms with Gasteiger partial charge >= 0.3 is 0 Å². The Morgan fingerprint density at radius 3 is 2.66 bits per heavy atom. The van der Waals surface area contributed by atoms with E-state index in [1.807, 2.05) is 45.0 Å². The van der Waals surface area contributed by atoms with E-state index in [1.54, 1.807) is 29.4 Å². The van der Waals surface area contributed by atoms with Crippen LogP contribution >= 0.6 is 0 Å². The minimum Gasteiger partial charge on any atom is -0.455 e. The van der Waals surface area contributed by atoms with Gasteiger partial charge < -0.3 is 9.32 Å². The molecule has 32 heavy (non-hydrogen) atoms. The van der Waals surface area contributed by atoms with Crippen molar-refractivity contribution in [1.29, 1.82) is 0 Å². The number of rotatable bonds is 5. The molecule has 0 aliphatic heterocycles. The number of aromatic nitrogens is 1. The lowest BCUT2D eigenvalue weighted by Crippen LogP contribution is -2.31. The molecule has 0 saturated carbocycles. The van der Waals surface area contributed by atoms with Gasteiger partial charge in [0.05, 0.1) is 5.71 Å². The molecule has 2 heterocycles. The number of aryl methyl sites for hydroxylation is 2. The van der Waals surface area contributed by atoms with E-state index >= 15 is 0 Å². The molecule has 1 aliphatic carbocycles. The molecule has 0 fully saturated rings. The molecule has 0 atom stereocenters. The molecule has 1 N–H and O–H groups in total. The number of fused-ring (bicyclic) bond motifs is 1. The van der Waals surface area contributed by atoms with Crippen LogP contribution in [-0.2, 0) is 6.42 Å².